The van der Waals surface area contributed by atoms with Crippen LogP contribution in [-0.4, -0.2) is 25.7 Å². The Hall–Kier alpha value is -1.55. The normalized spacial score (nSPS) is 10.5. The molecule has 1 rings (SSSR count). The lowest BCUT2D eigenvalue weighted by Crippen LogP contribution is -2.28. The van der Waals surface area contributed by atoms with Gasteiger partial charge in [0.1, 0.15) is 0 Å². The lowest BCUT2D eigenvalue weighted by atomic mass is 10.0. The molecule has 0 aliphatic heterocycles. The van der Waals surface area contributed by atoms with Gasteiger partial charge >= 0.3 is 0 Å². The highest BCUT2D eigenvalue weighted by atomic mass is 16.5. The number of nitrogen functional groups attached to an aromatic ring is 1. The number of amides is 1. The van der Waals surface area contributed by atoms with Crippen LogP contribution in [0.4, 0.5) is 5.69 Å². The van der Waals surface area contributed by atoms with Gasteiger partial charge in [0, 0.05) is 24.4 Å². The Kier molecular flexibility index (Phi) is 6.36. The number of nitrogens with one attached hydrogen (secondary N) is 1. The second-order valence-electron chi connectivity index (χ2n) is 4.75. The number of hydrogen-bond acceptors (Lipinski definition) is 3. The van der Waals surface area contributed by atoms with E-state index in [2.05, 4.69) is 12.2 Å². The highest BCUT2D eigenvalue weighted by Crippen LogP contribution is 2.17. The monoisotopic (exact) mass is 264 g/mol. The molecule has 4 heteroatoms. The number of nitrogens with two attached hydrogens (primary N) is 1. The highest BCUT2D eigenvalue weighted by Gasteiger charge is 2.10. The van der Waals surface area contributed by atoms with E-state index in [0.29, 0.717) is 24.4 Å². The lowest BCUT2D eigenvalue weighted by molar-refractivity contribution is 0.0912. The maximum absolute atomic E-state index is 12.0. The van der Waals surface area contributed by atoms with Gasteiger partial charge in [0.05, 0.1) is 6.61 Å². The van der Waals surface area contributed by atoms with E-state index in [1.165, 1.54) is 0 Å². The first kappa shape index (κ1) is 15.5. The third-order valence-corrected chi connectivity index (χ3v) is 3.03. The first-order valence-electron chi connectivity index (χ1n) is 6.79. The van der Waals surface area contributed by atoms with E-state index in [1.54, 1.807) is 6.07 Å². The van der Waals surface area contributed by atoms with Gasteiger partial charge in [-0.15, -0.1) is 0 Å². The van der Waals surface area contributed by atoms with Crippen molar-refractivity contribution >= 4 is 11.6 Å². The topological polar surface area (TPSA) is 64.3 Å². The van der Waals surface area contributed by atoms with Crippen LogP contribution in [0.15, 0.2) is 12.1 Å². The van der Waals surface area contributed by atoms with Crippen molar-refractivity contribution < 1.29 is 9.53 Å². The van der Waals surface area contributed by atoms with Crippen molar-refractivity contribution in [1.82, 2.24) is 5.32 Å². The largest absolute Gasteiger partial charge is 0.398 e. The maximum atomic E-state index is 12.0. The molecule has 0 aromatic heterocycles. The van der Waals surface area contributed by atoms with E-state index < -0.39 is 0 Å². The number of carbonyl (C=O) groups excluding carboxylic acids is 1. The zero-order valence-corrected chi connectivity index (χ0v) is 12.1. The molecule has 0 radical (unpaired) electrons. The van der Waals surface area contributed by atoms with E-state index >= 15 is 0 Å². The van der Waals surface area contributed by atoms with E-state index in [9.17, 15) is 4.79 Å². The molecule has 1 aromatic rings. The number of carbonyl (C=O) groups is 1. The summed E-state index contributed by atoms with van der Waals surface area (Å²) < 4.78 is 5.39. The summed E-state index contributed by atoms with van der Waals surface area (Å²) in [5.74, 6) is -0.0942. The van der Waals surface area contributed by atoms with E-state index in [0.717, 1.165) is 30.6 Å². The zero-order chi connectivity index (χ0) is 14.3. The van der Waals surface area contributed by atoms with Gasteiger partial charge in [-0.3, -0.25) is 4.79 Å². The van der Waals surface area contributed by atoms with Gasteiger partial charge in [-0.25, -0.2) is 0 Å². The second kappa shape index (κ2) is 7.79. The lowest BCUT2D eigenvalue weighted by Gasteiger charge is -2.10. The zero-order valence-electron chi connectivity index (χ0n) is 12.1. The fourth-order valence-electron chi connectivity index (χ4n) is 1.79. The van der Waals surface area contributed by atoms with Gasteiger partial charge in [0.2, 0.25) is 0 Å². The maximum Gasteiger partial charge on any atom is 0.251 e. The summed E-state index contributed by atoms with van der Waals surface area (Å²) in [5.41, 5.74) is 9.05. The van der Waals surface area contributed by atoms with Crippen molar-refractivity contribution in [2.45, 2.75) is 33.6 Å². The molecule has 0 aliphatic carbocycles. The van der Waals surface area contributed by atoms with E-state index in [4.69, 9.17) is 10.5 Å². The van der Waals surface area contributed by atoms with Crippen LogP contribution in [0.2, 0.25) is 0 Å². The molecule has 0 fully saturated rings. The molecule has 0 heterocycles. The third-order valence-electron chi connectivity index (χ3n) is 3.03. The third kappa shape index (κ3) is 4.91. The average Bonchev–Trinajstić information content (AvgIpc) is 2.37. The quantitative estimate of drug-likeness (QED) is 0.587. The van der Waals surface area contributed by atoms with Crippen LogP contribution in [0.25, 0.3) is 0 Å². The summed E-state index contributed by atoms with van der Waals surface area (Å²) >= 11 is 0. The molecule has 19 heavy (non-hydrogen) atoms. The molecule has 0 aliphatic rings. The number of anilines is 1. The van der Waals surface area contributed by atoms with E-state index in [-0.39, 0.29) is 5.91 Å². The number of benzene rings is 1. The molecule has 0 bridgehead atoms. The molecule has 4 nitrogen and oxygen atoms in total. The minimum Gasteiger partial charge on any atom is -0.398 e. The standard InChI is InChI=1S/C15H24N2O2/c1-4-5-7-19-8-6-17-15(18)13-10-14(16)12(3)9-11(13)2/h9-10H,4-8,16H2,1-3H3,(H,17,18). The predicted octanol–water partition coefficient (Wildman–Crippen LogP) is 2.43. The van der Waals surface area contributed by atoms with Gasteiger partial charge < -0.3 is 15.8 Å². The fraction of sp³-hybridized carbons (Fsp3) is 0.533. The minimum atomic E-state index is -0.0942. The van der Waals surface area contributed by atoms with Crippen LogP contribution in [0.3, 0.4) is 0 Å². The Labute approximate surface area is 115 Å². The van der Waals surface area contributed by atoms with Crippen molar-refractivity contribution in [2.24, 2.45) is 0 Å². The molecule has 106 valence electrons. The Morgan fingerprint density at radius 2 is 2.00 bits per heavy atom. The number of aryl methyl sites for hydroxylation is 2. The Morgan fingerprint density at radius 1 is 1.26 bits per heavy atom. The van der Waals surface area contributed by atoms with Crippen LogP contribution in [-0.2, 0) is 4.74 Å². The number of rotatable bonds is 7. The van der Waals surface area contributed by atoms with Crippen LogP contribution in [0, 0.1) is 13.8 Å². The molecule has 0 atom stereocenters. The van der Waals surface area contributed by atoms with Crippen molar-refractivity contribution in [3.05, 3.63) is 28.8 Å². The minimum absolute atomic E-state index is 0.0942. The van der Waals surface area contributed by atoms with Gasteiger partial charge in [-0.05, 0) is 37.5 Å². The summed E-state index contributed by atoms with van der Waals surface area (Å²) in [6.07, 6.45) is 2.18. The first-order valence-corrected chi connectivity index (χ1v) is 6.79. The molecule has 0 saturated carbocycles. The fourth-order valence-corrected chi connectivity index (χ4v) is 1.79. The van der Waals surface area contributed by atoms with Gasteiger partial charge in [0.15, 0.2) is 0 Å². The molecule has 1 amide bonds. The summed E-state index contributed by atoms with van der Waals surface area (Å²) in [6.45, 7) is 7.80. The molecule has 0 spiro atoms. The first-order chi connectivity index (χ1) is 9.06. The molecule has 3 N–H and O–H groups in total. The van der Waals surface area contributed by atoms with Crippen molar-refractivity contribution in [1.29, 1.82) is 0 Å². The Bertz CT molecular complexity index is 430. The number of unbranched alkanes of at least 4 members (excludes halogenated alkanes) is 1. The second-order valence-corrected chi connectivity index (χ2v) is 4.75. The SMILES string of the molecule is CCCCOCCNC(=O)c1cc(N)c(C)cc1C. The Morgan fingerprint density at radius 3 is 2.68 bits per heavy atom. The van der Waals surface area contributed by atoms with Crippen molar-refractivity contribution in [2.75, 3.05) is 25.5 Å². The highest BCUT2D eigenvalue weighted by molar-refractivity contribution is 5.96. The molecule has 0 unspecified atom stereocenters. The van der Waals surface area contributed by atoms with Crippen LogP contribution >= 0.6 is 0 Å². The molecular formula is C15H24N2O2. The van der Waals surface area contributed by atoms with Crippen molar-refractivity contribution in [3.8, 4) is 0 Å². The van der Waals surface area contributed by atoms with Gasteiger partial charge in [-0.1, -0.05) is 19.4 Å². The van der Waals surface area contributed by atoms with E-state index in [1.807, 2.05) is 19.9 Å². The van der Waals surface area contributed by atoms with Gasteiger partial charge in [-0.2, -0.15) is 0 Å². The van der Waals surface area contributed by atoms with Crippen LogP contribution in [0.5, 0.6) is 0 Å². The summed E-state index contributed by atoms with van der Waals surface area (Å²) in [4.78, 5) is 12.0. The van der Waals surface area contributed by atoms with Crippen molar-refractivity contribution in [3.63, 3.8) is 0 Å². The van der Waals surface area contributed by atoms with Crippen LogP contribution < -0.4 is 11.1 Å². The summed E-state index contributed by atoms with van der Waals surface area (Å²) in [5, 5.41) is 2.84. The average molecular weight is 264 g/mol. The molecular weight excluding hydrogens is 240 g/mol. The summed E-state index contributed by atoms with van der Waals surface area (Å²) in [6, 6.07) is 3.67. The predicted molar refractivity (Wildman–Crippen MR) is 78.4 cm³/mol. The van der Waals surface area contributed by atoms with Gasteiger partial charge in [0.25, 0.3) is 5.91 Å². The summed E-state index contributed by atoms with van der Waals surface area (Å²) in [7, 11) is 0. The smallest absolute Gasteiger partial charge is 0.251 e. The van der Waals surface area contributed by atoms with Crippen LogP contribution in [0.1, 0.15) is 41.3 Å². The molecule has 0 saturated heterocycles. The number of hydrogen-bond donors (Lipinski definition) is 2. The Balaban J connectivity index is 2.43. The number of ether oxygens (including phenoxy) is 1. The molecule has 1 aromatic carbocycles.